The fraction of sp³-hybridized carbons (Fsp3) is 0.536. The van der Waals surface area contributed by atoms with Crippen molar-refractivity contribution < 1.29 is 28.7 Å². The number of benzene rings is 1. The van der Waals surface area contributed by atoms with Gasteiger partial charge in [0.1, 0.15) is 21.0 Å². The Kier molecular flexibility index (Phi) is 11.3. The molecule has 12 heteroatoms. The highest BCUT2D eigenvalue weighted by molar-refractivity contribution is 7.19. The highest BCUT2D eigenvalue weighted by atomic mass is 35.5. The van der Waals surface area contributed by atoms with Crippen LogP contribution in [0.15, 0.2) is 30.3 Å². The number of carbonyl (C=O) groups excluding carboxylic acids is 4. The van der Waals surface area contributed by atoms with Crippen LogP contribution in [0.25, 0.3) is 10.6 Å². The highest BCUT2D eigenvalue weighted by Gasteiger charge is 2.32. The average molecular weight is 593 g/mol. The Balaban J connectivity index is 1.69. The SMILES string of the molecule is CCCCOC(=O)N1CCN(C(=O)C(CCC(=O)OC(C)(C)C)NC(=O)c2nc(-c3ccccc3)sc2Cl)CC1. The standard InChI is InChI=1S/C28H37ClN4O6S/c1-5-6-18-38-27(37)33-16-14-32(15-17-33)26(36)20(12-13-21(34)39-28(2,3)4)30-24(35)22-23(29)40-25(31-22)19-10-8-7-9-11-19/h7-11,20H,5-6,12-18H2,1-4H3,(H,30,35). The van der Waals surface area contributed by atoms with Crippen molar-refractivity contribution in [1.29, 1.82) is 0 Å². The Hall–Kier alpha value is -3.18. The molecule has 218 valence electrons. The molecule has 0 bridgehead atoms. The maximum atomic E-state index is 13.5. The molecule has 0 saturated carbocycles. The zero-order chi connectivity index (χ0) is 29.3. The minimum atomic E-state index is -1.01. The van der Waals surface area contributed by atoms with Gasteiger partial charge in [-0.25, -0.2) is 9.78 Å². The molecule has 1 fully saturated rings. The molecule has 1 atom stereocenters. The Morgan fingerprint density at radius 1 is 1.07 bits per heavy atom. The molecule has 1 aliphatic heterocycles. The number of hydrogen-bond donors (Lipinski definition) is 1. The van der Waals surface area contributed by atoms with E-state index in [0.717, 1.165) is 18.4 Å². The molecular formula is C28H37ClN4O6S. The molecule has 1 aromatic carbocycles. The second-order valence-corrected chi connectivity index (χ2v) is 12.0. The molecule has 1 saturated heterocycles. The van der Waals surface area contributed by atoms with Gasteiger partial charge in [0.15, 0.2) is 5.69 Å². The quantitative estimate of drug-likeness (QED) is 0.312. The molecule has 0 spiro atoms. The molecule has 0 radical (unpaired) electrons. The van der Waals surface area contributed by atoms with Crippen molar-refractivity contribution in [3.05, 3.63) is 40.4 Å². The fourth-order valence-electron chi connectivity index (χ4n) is 4.01. The van der Waals surface area contributed by atoms with Crippen LogP contribution in [-0.2, 0) is 19.1 Å². The number of rotatable bonds is 10. The lowest BCUT2D eigenvalue weighted by Gasteiger charge is -2.36. The summed E-state index contributed by atoms with van der Waals surface area (Å²) < 4.78 is 10.9. The molecule has 1 unspecified atom stereocenters. The second kappa shape index (κ2) is 14.5. The minimum Gasteiger partial charge on any atom is -0.460 e. The molecule has 1 N–H and O–H groups in total. The zero-order valence-electron chi connectivity index (χ0n) is 23.4. The first-order chi connectivity index (χ1) is 19.0. The van der Waals surface area contributed by atoms with Crippen LogP contribution >= 0.6 is 22.9 Å². The van der Waals surface area contributed by atoms with Gasteiger partial charge in [-0.05, 0) is 33.6 Å². The highest BCUT2D eigenvalue weighted by Crippen LogP contribution is 2.31. The van der Waals surface area contributed by atoms with Gasteiger partial charge in [0, 0.05) is 38.2 Å². The van der Waals surface area contributed by atoms with Crippen molar-refractivity contribution in [2.45, 2.75) is 65.0 Å². The normalized spacial score (nSPS) is 14.4. The summed E-state index contributed by atoms with van der Waals surface area (Å²) in [5.74, 6) is -1.44. The number of ether oxygens (including phenoxy) is 2. The van der Waals surface area contributed by atoms with E-state index in [0.29, 0.717) is 24.7 Å². The monoisotopic (exact) mass is 592 g/mol. The van der Waals surface area contributed by atoms with Crippen LogP contribution in [0.1, 0.15) is 63.9 Å². The van der Waals surface area contributed by atoms with E-state index < -0.39 is 29.6 Å². The van der Waals surface area contributed by atoms with Gasteiger partial charge in [-0.3, -0.25) is 14.4 Å². The van der Waals surface area contributed by atoms with Crippen LogP contribution in [0.3, 0.4) is 0 Å². The van der Waals surface area contributed by atoms with Gasteiger partial charge in [-0.1, -0.05) is 55.3 Å². The van der Waals surface area contributed by atoms with E-state index in [1.54, 1.807) is 30.6 Å². The summed E-state index contributed by atoms with van der Waals surface area (Å²) in [6.45, 7) is 8.82. The molecule has 1 aromatic heterocycles. The van der Waals surface area contributed by atoms with Gasteiger partial charge in [-0.2, -0.15) is 0 Å². The van der Waals surface area contributed by atoms with Gasteiger partial charge in [0.2, 0.25) is 5.91 Å². The summed E-state index contributed by atoms with van der Waals surface area (Å²) >= 11 is 7.54. The van der Waals surface area contributed by atoms with E-state index in [9.17, 15) is 19.2 Å². The number of unbranched alkanes of at least 4 members (excludes halogenated alkanes) is 1. The van der Waals surface area contributed by atoms with E-state index >= 15 is 0 Å². The number of aromatic nitrogens is 1. The van der Waals surface area contributed by atoms with Crippen molar-refractivity contribution in [2.75, 3.05) is 32.8 Å². The lowest BCUT2D eigenvalue weighted by atomic mass is 10.1. The lowest BCUT2D eigenvalue weighted by Crippen LogP contribution is -2.56. The summed E-state index contributed by atoms with van der Waals surface area (Å²) in [6.07, 6.45) is 1.27. The number of halogens is 1. The summed E-state index contributed by atoms with van der Waals surface area (Å²) in [7, 11) is 0. The molecular weight excluding hydrogens is 556 g/mol. The molecule has 10 nitrogen and oxygen atoms in total. The largest absolute Gasteiger partial charge is 0.460 e. The molecule has 3 amide bonds. The third-order valence-electron chi connectivity index (χ3n) is 6.06. The van der Waals surface area contributed by atoms with Crippen LogP contribution in [0, 0.1) is 0 Å². The predicted molar refractivity (Wildman–Crippen MR) is 153 cm³/mol. The molecule has 0 aliphatic carbocycles. The number of carbonyl (C=O) groups is 4. The summed E-state index contributed by atoms with van der Waals surface area (Å²) in [5, 5.41) is 3.32. The number of nitrogens with one attached hydrogen (secondary N) is 1. The van der Waals surface area contributed by atoms with Crippen LogP contribution in [0.5, 0.6) is 0 Å². The first-order valence-electron chi connectivity index (χ1n) is 13.4. The second-order valence-electron chi connectivity index (χ2n) is 10.4. The van der Waals surface area contributed by atoms with Crippen molar-refractivity contribution in [1.82, 2.24) is 20.1 Å². The number of piperazine rings is 1. The summed E-state index contributed by atoms with van der Waals surface area (Å²) in [4.78, 5) is 59.0. The van der Waals surface area contributed by atoms with E-state index in [-0.39, 0.29) is 41.9 Å². The smallest absolute Gasteiger partial charge is 0.409 e. The van der Waals surface area contributed by atoms with Crippen LogP contribution in [0.4, 0.5) is 4.79 Å². The minimum absolute atomic E-state index is 0.0141. The van der Waals surface area contributed by atoms with Crippen molar-refractivity contribution in [2.24, 2.45) is 0 Å². The van der Waals surface area contributed by atoms with Crippen molar-refractivity contribution in [3.63, 3.8) is 0 Å². The maximum Gasteiger partial charge on any atom is 0.409 e. The number of hydrogen-bond acceptors (Lipinski definition) is 8. The average Bonchev–Trinajstić information content (AvgIpc) is 3.32. The molecule has 1 aliphatic rings. The first-order valence-corrected chi connectivity index (χ1v) is 14.6. The Labute approximate surface area is 244 Å². The third kappa shape index (κ3) is 9.19. The van der Waals surface area contributed by atoms with Crippen molar-refractivity contribution >= 4 is 46.8 Å². The number of thiazole rings is 1. The fourth-order valence-corrected chi connectivity index (χ4v) is 5.15. The Morgan fingerprint density at radius 3 is 2.35 bits per heavy atom. The summed E-state index contributed by atoms with van der Waals surface area (Å²) in [5.41, 5.74) is 0.154. The lowest BCUT2D eigenvalue weighted by molar-refractivity contribution is -0.155. The van der Waals surface area contributed by atoms with E-state index in [4.69, 9.17) is 21.1 Å². The predicted octanol–water partition coefficient (Wildman–Crippen LogP) is 4.76. The van der Waals surface area contributed by atoms with E-state index in [1.165, 1.54) is 11.3 Å². The van der Waals surface area contributed by atoms with Crippen LogP contribution < -0.4 is 5.32 Å². The zero-order valence-corrected chi connectivity index (χ0v) is 25.0. The van der Waals surface area contributed by atoms with E-state index in [2.05, 4.69) is 10.3 Å². The van der Waals surface area contributed by atoms with Gasteiger partial charge in [-0.15, -0.1) is 11.3 Å². The third-order valence-corrected chi connectivity index (χ3v) is 7.36. The molecule has 2 heterocycles. The van der Waals surface area contributed by atoms with Gasteiger partial charge >= 0.3 is 12.1 Å². The van der Waals surface area contributed by atoms with Crippen LogP contribution in [-0.4, -0.2) is 83.1 Å². The van der Waals surface area contributed by atoms with Gasteiger partial charge in [0.05, 0.1) is 6.61 Å². The molecule has 2 aromatic rings. The summed E-state index contributed by atoms with van der Waals surface area (Å²) in [6, 6.07) is 8.32. The number of nitrogens with zero attached hydrogens (tertiary/aromatic N) is 3. The van der Waals surface area contributed by atoms with Crippen LogP contribution in [0.2, 0.25) is 4.34 Å². The topological polar surface area (TPSA) is 118 Å². The van der Waals surface area contributed by atoms with Gasteiger partial charge in [0.25, 0.3) is 5.91 Å². The number of esters is 1. The van der Waals surface area contributed by atoms with Crippen molar-refractivity contribution in [3.8, 4) is 10.6 Å². The van der Waals surface area contributed by atoms with Gasteiger partial charge < -0.3 is 24.6 Å². The first kappa shape index (κ1) is 31.3. The maximum absolute atomic E-state index is 13.5. The van der Waals surface area contributed by atoms with E-state index in [1.807, 2.05) is 37.3 Å². The molecule has 3 rings (SSSR count). The Morgan fingerprint density at radius 2 is 1.73 bits per heavy atom. The Bertz CT molecular complexity index is 1180. The number of amides is 3. The molecule has 40 heavy (non-hydrogen) atoms.